The molecule has 0 aliphatic carbocycles. The molecule has 0 heterocycles. The van der Waals surface area contributed by atoms with Gasteiger partial charge in [0.1, 0.15) is 24.2 Å². The third-order valence-corrected chi connectivity index (χ3v) is 6.52. The van der Waals surface area contributed by atoms with E-state index in [1.165, 1.54) is 12.0 Å². The molecule has 9 heteroatoms. The molecule has 0 fully saturated rings. The van der Waals surface area contributed by atoms with Crippen LogP contribution in [0.3, 0.4) is 0 Å². The summed E-state index contributed by atoms with van der Waals surface area (Å²) in [4.78, 5) is 53.9. The number of hydrogen-bond donors (Lipinski definition) is 2. The predicted molar refractivity (Wildman–Crippen MR) is 152 cm³/mol. The van der Waals surface area contributed by atoms with Crippen molar-refractivity contribution in [3.8, 4) is 0 Å². The molecule has 1 aromatic carbocycles. The van der Waals surface area contributed by atoms with Crippen molar-refractivity contribution in [1.82, 2.24) is 15.5 Å². The van der Waals surface area contributed by atoms with Crippen molar-refractivity contribution in [2.75, 3.05) is 20.2 Å². The Labute approximate surface area is 234 Å². The maximum absolute atomic E-state index is 14.2. The number of rotatable bonds is 15. The zero-order valence-electron chi connectivity index (χ0n) is 25.1. The highest BCUT2D eigenvalue weighted by Crippen LogP contribution is 2.26. The first-order valence-corrected chi connectivity index (χ1v) is 14.1. The lowest BCUT2D eigenvalue weighted by Gasteiger charge is -2.36. The fraction of sp³-hybridized carbons (Fsp3) is 0.667. The van der Waals surface area contributed by atoms with Gasteiger partial charge in [0, 0.05) is 6.54 Å². The van der Waals surface area contributed by atoms with Crippen LogP contribution in [0.25, 0.3) is 0 Å². The van der Waals surface area contributed by atoms with Gasteiger partial charge in [-0.1, -0.05) is 82.7 Å². The molecule has 220 valence electrons. The van der Waals surface area contributed by atoms with Gasteiger partial charge >= 0.3 is 12.1 Å². The average Bonchev–Trinajstić information content (AvgIpc) is 2.88. The molecule has 3 unspecified atom stereocenters. The molecular weight excluding hydrogens is 498 g/mol. The predicted octanol–water partition coefficient (Wildman–Crippen LogP) is 5.06. The highest BCUT2D eigenvalue weighted by molar-refractivity contribution is 5.93. The maximum atomic E-state index is 14.2. The number of ether oxygens (including phenoxy) is 2. The summed E-state index contributed by atoms with van der Waals surface area (Å²) in [6.45, 7) is 13.2. The van der Waals surface area contributed by atoms with Crippen LogP contribution in [-0.2, 0) is 23.9 Å². The Balaban J connectivity index is 3.48. The summed E-state index contributed by atoms with van der Waals surface area (Å²) < 4.78 is 10.1. The van der Waals surface area contributed by atoms with E-state index in [0.717, 1.165) is 31.2 Å². The molecule has 0 saturated heterocycles. The minimum absolute atomic E-state index is 0.218. The van der Waals surface area contributed by atoms with Gasteiger partial charge in [-0.2, -0.15) is 0 Å². The monoisotopic (exact) mass is 547 g/mol. The number of amides is 3. The number of carbonyl (C=O) groups excluding carboxylic acids is 4. The van der Waals surface area contributed by atoms with Crippen LogP contribution in [0.1, 0.15) is 97.2 Å². The minimum Gasteiger partial charge on any atom is -0.468 e. The molecule has 3 amide bonds. The minimum atomic E-state index is -0.999. The zero-order chi connectivity index (χ0) is 29.6. The lowest BCUT2D eigenvalue weighted by Crippen LogP contribution is -2.55. The van der Waals surface area contributed by atoms with Crippen LogP contribution in [0.15, 0.2) is 24.3 Å². The van der Waals surface area contributed by atoms with Gasteiger partial charge in [0.05, 0.1) is 7.11 Å². The fourth-order valence-electron chi connectivity index (χ4n) is 4.10. The molecule has 0 aromatic heterocycles. The van der Waals surface area contributed by atoms with Crippen LogP contribution >= 0.6 is 0 Å². The molecule has 0 bridgehead atoms. The van der Waals surface area contributed by atoms with Gasteiger partial charge in [-0.3, -0.25) is 14.4 Å². The van der Waals surface area contributed by atoms with Gasteiger partial charge in [0.2, 0.25) is 11.8 Å². The standard InChI is InChI=1S/C30H49N3O6/c1-9-11-12-13-14-19-33(28(36)25(22(4)10-2)32-29(37)39-30(5,6)7)26(23-17-15-21(3)16-18-23)27(35)31-20-24(34)38-8/h15-18,22,25-26H,9-14,19-20H2,1-8H3,(H,31,35)(H,32,37). The second-order valence-electron chi connectivity index (χ2n) is 11.1. The molecule has 9 nitrogen and oxygen atoms in total. The third-order valence-electron chi connectivity index (χ3n) is 6.52. The lowest BCUT2D eigenvalue weighted by atomic mass is 9.95. The lowest BCUT2D eigenvalue weighted by molar-refractivity contribution is -0.145. The van der Waals surface area contributed by atoms with Crippen LogP contribution in [0.2, 0.25) is 0 Å². The second kappa shape index (κ2) is 16.8. The van der Waals surface area contributed by atoms with E-state index < -0.39 is 35.7 Å². The van der Waals surface area contributed by atoms with Crippen LogP contribution in [-0.4, -0.2) is 60.6 Å². The van der Waals surface area contributed by atoms with Gasteiger partial charge in [-0.25, -0.2) is 4.79 Å². The summed E-state index contributed by atoms with van der Waals surface area (Å²) in [5, 5.41) is 5.40. The molecule has 1 rings (SSSR count). The summed E-state index contributed by atoms with van der Waals surface area (Å²) in [7, 11) is 1.25. The quantitative estimate of drug-likeness (QED) is 0.234. The summed E-state index contributed by atoms with van der Waals surface area (Å²) in [6.07, 6.45) is 4.72. The molecular formula is C30H49N3O6. The van der Waals surface area contributed by atoms with Crippen LogP contribution in [0, 0.1) is 12.8 Å². The van der Waals surface area contributed by atoms with Crippen molar-refractivity contribution in [2.45, 2.75) is 105 Å². The van der Waals surface area contributed by atoms with Crippen molar-refractivity contribution in [2.24, 2.45) is 5.92 Å². The molecule has 0 saturated carbocycles. The van der Waals surface area contributed by atoms with E-state index in [-0.39, 0.29) is 18.4 Å². The topological polar surface area (TPSA) is 114 Å². The Morgan fingerprint density at radius 2 is 1.59 bits per heavy atom. The summed E-state index contributed by atoms with van der Waals surface area (Å²) >= 11 is 0. The number of aryl methyl sites for hydroxylation is 1. The van der Waals surface area contributed by atoms with Crippen molar-refractivity contribution in [3.63, 3.8) is 0 Å². The molecule has 3 atom stereocenters. The van der Waals surface area contributed by atoms with E-state index in [2.05, 4.69) is 22.3 Å². The molecule has 1 aromatic rings. The number of alkyl carbamates (subject to hydrolysis) is 1. The molecule has 0 spiro atoms. The van der Waals surface area contributed by atoms with E-state index in [0.29, 0.717) is 24.9 Å². The first kappa shape index (κ1) is 33.9. The molecule has 0 aliphatic rings. The Bertz CT molecular complexity index is 926. The van der Waals surface area contributed by atoms with E-state index >= 15 is 0 Å². The number of carbonyl (C=O) groups is 4. The number of nitrogens with zero attached hydrogens (tertiary/aromatic N) is 1. The SMILES string of the molecule is CCCCCCCN(C(=O)C(NC(=O)OC(C)(C)C)C(C)CC)C(C(=O)NCC(=O)OC)c1ccc(C)cc1. The van der Waals surface area contributed by atoms with E-state index in [4.69, 9.17) is 4.74 Å². The highest BCUT2D eigenvalue weighted by Gasteiger charge is 2.38. The Morgan fingerprint density at radius 1 is 0.974 bits per heavy atom. The van der Waals surface area contributed by atoms with Gasteiger partial charge in [-0.15, -0.1) is 0 Å². The molecule has 39 heavy (non-hydrogen) atoms. The first-order valence-electron chi connectivity index (χ1n) is 14.1. The maximum Gasteiger partial charge on any atom is 0.408 e. The van der Waals surface area contributed by atoms with Crippen molar-refractivity contribution >= 4 is 23.9 Å². The summed E-state index contributed by atoms with van der Waals surface area (Å²) in [5.74, 6) is -1.67. The molecule has 2 N–H and O–H groups in total. The Kier molecular flexibility index (Phi) is 14.6. The second-order valence-corrected chi connectivity index (χ2v) is 11.1. The Hall–Kier alpha value is -3.10. The van der Waals surface area contributed by atoms with Gasteiger partial charge < -0.3 is 25.0 Å². The molecule has 0 aliphatic heterocycles. The number of methoxy groups -OCH3 is 1. The number of esters is 1. The summed E-state index contributed by atoms with van der Waals surface area (Å²) in [6, 6.07) is 5.49. The van der Waals surface area contributed by atoms with Crippen molar-refractivity contribution in [1.29, 1.82) is 0 Å². The third kappa shape index (κ3) is 12.1. The van der Waals surface area contributed by atoms with Crippen LogP contribution in [0.5, 0.6) is 0 Å². The number of hydrogen-bond acceptors (Lipinski definition) is 6. The van der Waals surface area contributed by atoms with E-state index in [1.54, 1.807) is 20.8 Å². The van der Waals surface area contributed by atoms with Gasteiger partial charge in [0.15, 0.2) is 0 Å². The van der Waals surface area contributed by atoms with Crippen molar-refractivity contribution in [3.05, 3.63) is 35.4 Å². The van der Waals surface area contributed by atoms with E-state index in [1.807, 2.05) is 45.0 Å². The zero-order valence-corrected chi connectivity index (χ0v) is 25.1. The van der Waals surface area contributed by atoms with Gasteiger partial charge in [-0.05, 0) is 45.6 Å². The largest absolute Gasteiger partial charge is 0.468 e. The van der Waals surface area contributed by atoms with Crippen molar-refractivity contribution < 1.29 is 28.7 Å². The van der Waals surface area contributed by atoms with Crippen LogP contribution in [0.4, 0.5) is 4.79 Å². The number of nitrogens with one attached hydrogen (secondary N) is 2. The van der Waals surface area contributed by atoms with Crippen LogP contribution < -0.4 is 10.6 Å². The first-order chi connectivity index (χ1) is 18.3. The van der Waals surface area contributed by atoms with Gasteiger partial charge in [0.25, 0.3) is 0 Å². The number of unbranched alkanes of at least 4 members (excludes halogenated alkanes) is 4. The normalized spacial score (nSPS) is 13.5. The smallest absolute Gasteiger partial charge is 0.408 e. The summed E-state index contributed by atoms with van der Waals surface area (Å²) in [5.41, 5.74) is 0.892. The fourth-order valence-corrected chi connectivity index (χ4v) is 4.10. The number of benzene rings is 1. The highest BCUT2D eigenvalue weighted by atomic mass is 16.6. The average molecular weight is 548 g/mol. The molecule has 0 radical (unpaired) electrons. The Morgan fingerprint density at radius 3 is 2.13 bits per heavy atom. The van der Waals surface area contributed by atoms with E-state index in [9.17, 15) is 19.2 Å².